The van der Waals surface area contributed by atoms with Crippen LogP contribution in [0.2, 0.25) is 0 Å². The van der Waals surface area contributed by atoms with Crippen LogP contribution in [0, 0.1) is 10.3 Å². The summed E-state index contributed by atoms with van der Waals surface area (Å²) in [5, 5.41) is 12.9. The van der Waals surface area contributed by atoms with Crippen LogP contribution in [0.1, 0.15) is 0 Å². The second-order valence-electron chi connectivity index (χ2n) is 5.49. The van der Waals surface area contributed by atoms with Gasteiger partial charge in [-0.2, -0.15) is 19.0 Å². The van der Waals surface area contributed by atoms with E-state index >= 15 is 0 Å². The summed E-state index contributed by atoms with van der Waals surface area (Å²) < 4.78 is 28.9. The smallest absolute Gasteiger partial charge is 0.177 e. The molecule has 0 aliphatic heterocycles. The lowest BCUT2D eigenvalue weighted by molar-refractivity contribution is 0.658. The van der Waals surface area contributed by atoms with E-state index in [0.717, 1.165) is 53.6 Å². The molecule has 5 rings (SSSR count). The molecule has 0 atom stereocenters. The molecule has 2 heterocycles. The lowest BCUT2D eigenvalue weighted by Gasteiger charge is -1.94. The van der Waals surface area contributed by atoms with Gasteiger partial charge in [0.05, 0.1) is 10.7 Å². The number of hydrogen-bond donors (Lipinski definition) is 2. The molecule has 0 bridgehead atoms. The Bertz CT molecular complexity index is 1290. The fourth-order valence-electron chi connectivity index (χ4n) is 3.41. The van der Waals surface area contributed by atoms with Crippen molar-refractivity contribution in [2.75, 3.05) is 0 Å². The van der Waals surface area contributed by atoms with Crippen molar-refractivity contribution in [3.63, 3.8) is 0 Å². The highest BCUT2D eigenvalue weighted by Crippen LogP contribution is 2.37. The van der Waals surface area contributed by atoms with Gasteiger partial charge in [-0.15, -0.1) is 22.7 Å². The van der Waals surface area contributed by atoms with Gasteiger partial charge in [0.1, 0.15) is 0 Å². The lowest BCUT2D eigenvalue weighted by atomic mass is 10.1. The zero-order valence-electron chi connectivity index (χ0n) is 11.9. The molecule has 0 spiro atoms. The summed E-state index contributed by atoms with van der Waals surface area (Å²) >= 11 is 2.10. The van der Waals surface area contributed by atoms with Crippen molar-refractivity contribution in [3.05, 3.63) is 45.2 Å². The largest absolute Gasteiger partial charge is 0.323 e. The quantitative estimate of drug-likeness (QED) is 0.330. The van der Waals surface area contributed by atoms with Crippen LogP contribution in [0.5, 0.6) is 0 Å². The van der Waals surface area contributed by atoms with E-state index in [1.807, 2.05) is 12.1 Å². The first kappa shape index (κ1) is 13.8. The van der Waals surface area contributed by atoms with Crippen LogP contribution in [0.3, 0.4) is 0 Å². The molecule has 0 radical (unpaired) electrons. The highest BCUT2D eigenvalue weighted by molar-refractivity contribution is 7.19. The Hall–Kier alpha value is -2.58. The monoisotopic (exact) mass is 358 g/mol. The van der Waals surface area contributed by atoms with Crippen LogP contribution >= 0.6 is 22.7 Å². The Morgan fingerprint density at radius 3 is 1.42 bits per heavy atom. The summed E-state index contributed by atoms with van der Waals surface area (Å²) in [6.45, 7) is 0. The van der Waals surface area contributed by atoms with Crippen LogP contribution in [0.15, 0.2) is 34.5 Å². The van der Waals surface area contributed by atoms with Gasteiger partial charge in [-0.05, 0) is 24.3 Å². The Balaban J connectivity index is 2.13. The molecule has 0 saturated heterocycles. The van der Waals surface area contributed by atoms with Crippen molar-refractivity contribution < 1.29 is 8.78 Å². The molecule has 118 valence electrons. The number of nitrogens with two attached hydrogens (primary N) is 2. The highest BCUT2D eigenvalue weighted by Gasteiger charge is 2.18. The van der Waals surface area contributed by atoms with Gasteiger partial charge < -0.3 is 11.7 Å². The number of nitrogens with zero attached hydrogens (tertiary/aromatic N) is 2. The maximum Gasteiger partial charge on any atom is 0.177 e. The number of halogens is 2. The summed E-state index contributed by atoms with van der Waals surface area (Å²) in [6.07, 6.45) is 0. The predicted molar refractivity (Wildman–Crippen MR) is 94.0 cm³/mol. The van der Waals surface area contributed by atoms with Crippen molar-refractivity contribution in [2.45, 2.75) is 0 Å². The van der Waals surface area contributed by atoms with Crippen LogP contribution in [-0.2, 0) is 0 Å². The van der Waals surface area contributed by atoms with E-state index < -0.39 is 0 Å². The Morgan fingerprint density at radius 1 is 0.625 bits per heavy atom. The minimum absolute atomic E-state index is 0.291. The van der Waals surface area contributed by atoms with E-state index in [4.69, 9.17) is 11.7 Å². The maximum absolute atomic E-state index is 13.7. The van der Waals surface area contributed by atoms with Gasteiger partial charge in [-0.3, -0.25) is 0 Å². The first-order valence-electron chi connectivity index (χ1n) is 6.97. The summed E-state index contributed by atoms with van der Waals surface area (Å²) in [7, 11) is 0. The number of benzene rings is 1. The van der Waals surface area contributed by atoms with E-state index in [2.05, 4.69) is 10.2 Å². The van der Waals surface area contributed by atoms with Crippen LogP contribution in [-0.4, -0.2) is 0 Å². The third-order valence-corrected chi connectivity index (χ3v) is 6.24. The van der Waals surface area contributed by atoms with Crippen LogP contribution in [0.4, 0.5) is 8.78 Å². The molecule has 0 fully saturated rings. The molecule has 0 unspecified atom stereocenters. The van der Waals surface area contributed by atoms with E-state index in [1.165, 1.54) is 12.1 Å². The number of rotatable bonds is 0. The Morgan fingerprint density at radius 2 is 1.04 bits per heavy atom. The zero-order valence-corrected chi connectivity index (χ0v) is 13.6. The van der Waals surface area contributed by atoms with Crippen molar-refractivity contribution in [1.29, 1.82) is 0 Å². The number of thiophene rings is 2. The maximum atomic E-state index is 13.7. The van der Waals surface area contributed by atoms with Crippen molar-refractivity contribution in [2.24, 2.45) is 21.9 Å². The third kappa shape index (κ3) is 1.54. The van der Waals surface area contributed by atoms with Crippen molar-refractivity contribution in [3.8, 4) is 0 Å². The summed E-state index contributed by atoms with van der Waals surface area (Å²) in [5.74, 6) is 11.1. The minimum Gasteiger partial charge on any atom is -0.323 e. The normalized spacial score (nSPS) is 14.2. The molecule has 4 nitrogen and oxygen atoms in total. The Kier molecular flexibility index (Phi) is 2.59. The molecule has 0 aliphatic rings. The first-order chi connectivity index (χ1) is 11.6. The van der Waals surface area contributed by atoms with E-state index in [1.54, 1.807) is 0 Å². The van der Waals surface area contributed by atoms with Gasteiger partial charge in [0.25, 0.3) is 0 Å². The number of fused-ring (bicyclic) bond motifs is 6. The molecular weight excluding hydrogens is 350 g/mol. The van der Waals surface area contributed by atoms with Gasteiger partial charge in [0.15, 0.2) is 10.3 Å². The topological polar surface area (TPSA) is 76.8 Å². The molecule has 24 heavy (non-hydrogen) atoms. The fraction of sp³-hybridized carbons (Fsp3) is 0. The first-order valence-corrected chi connectivity index (χ1v) is 8.60. The molecule has 0 amide bonds. The predicted octanol–water partition coefficient (Wildman–Crippen LogP) is 3.13. The summed E-state index contributed by atoms with van der Waals surface area (Å²) in [6, 6.07) is 6.69. The molecule has 3 aromatic carbocycles. The van der Waals surface area contributed by atoms with Crippen LogP contribution in [0.25, 0.3) is 41.7 Å². The second kappa shape index (κ2) is 4.49. The molecule has 0 aliphatic carbocycles. The molecular formula is C16H8F2N4S2. The van der Waals surface area contributed by atoms with Gasteiger partial charge in [0, 0.05) is 41.7 Å². The standard InChI is InChI=1S/C16H8F2N4S2/c17-11-4-10-14(22-20)6-2-8-5(1-7(6)15(10)23-11)13(21-19)9-3-12(18)24-16(8)9/h1-4H,19-20H2/b21-13-,22-14-. The Labute approximate surface area is 140 Å². The van der Waals surface area contributed by atoms with Crippen molar-refractivity contribution in [1.82, 2.24) is 0 Å². The fourth-order valence-corrected chi connectivity index (χ4v) is 5.24. The average molecular weight is 358 g/mol. The molecule has 0 saturated carbocycles. The molecule has 2 aromatic heterocycles. The number of hydrogen-bond acceptors (Lipinski definition) is 6. The van der Waals surface area contributed by atoms with Crippen molar-refractivity contribution >= 4 is 64.4 Å². The lowest BCUT2D eigenvalue weighted by Crippen LogP contribution is -2.04. The molecule has 5 aromatic rings. The average Bonchev–Trinajstić information content (AvgIpc) is 3.24. The van der Waals surface area contributed by atoms with E-state index in [9.17, 15) is 8.78 Å². The summed E-state index contributed by atoms with van der Waals surface area (Å²) in [5.41, 5.74) is 0. The third-order valence-electron chi connectivity index (χ3n) is 4.33. The zero-order chi connectivity index (χ0) is 16.6. The second-order valence-corrected chi connectivity index (χ2v) is 7.49. The van der Waals surface area contributed by atoms with E-state index in [-0.39, 0.29) is 10.3 Å². The van der Waals surface area contributed by atoms with Gasteiger partial charge in [0.2, 0.25) is 0 Å². The van der Waals surface area contributed by atoms with Gasteiger partial charge >= 0.3 is 0 Å². The SMILES string of the molecule is N/N=c1/c2cc3c(cc2c2sc(F)cc12)/c(=N/N)c1cc(F)sc13. The van der Waals surface area contributed by atoms with Gasteiger partial charge in [-0.1, -0.05) is 0 Å². The van der Waals surface area contributed by atoms with E-state index in [0.29, 0.717) is 21.5 Å². The minimum atomic E-state index is -0.291. The highest BCUT2D eigenvalue weighted by atomic mass is 32.1. The summed E-state index contributed by atoms with van der Waals surface area (Å²) in [4.78, 5) is 0. The molecule has 4 N–H and O–H groups in total. The molecule has 8 heteroatoms. The van der Waals surface area contributed by atoms with Crippen LogP contribution < -0.4 is 22.4 Å². The van der Waals surface area contributed by atoms with Gasteiger partial charge in [-0.25, -0.2) is 0 Å².